The average molecular weight is 380 g/mol. The van der Waals surface area contributed by atoms with Crippen molar-refractivity contribution >= 4 is 33.2 Å². The second-order valence-corrected chi connectivity index (χ2v) is 6.14. The maximum Gasteiger partial charge on any atom is 0.350 e. The standard InChI is InChI=1S/C14H10BrN3O3S/c1-8-12(22-7-16-8)14(19)20-6-11-17-13(18-21-11)9-3-2-4-10(15)5-9/h2-5,7H,6H2,1H3. The number of hydrogen-bond donors (Lipinski definition) is 0. The van der Waals surface area contributed by atoms with E-state index in [1.807, 2.05) is 24.3 Å². The summed E-state index contributed by atoms with van der Waals surface area (Å²) >= 11 is 4.62. The third-order valence-electron chi connectivity index (χ3n) is 2.81. The van der Waals surface area contributed by atoms with Gasteiger partial charge in [0.1, 0.15) is 4.88 Å². The highest BCUT2D eigenvalue weighted by molar-refractivity contribution is 9.10. The molecule has 0 atom stereocenters. The van der Waals surface area contributed by atoms with E-state index >= 15 is 0 Å². The first-order chi connectivity index (χ1) is 10.6. The number of halogens is 1. The third kappa shape index (κ3) is 3.23. The molecule has 0 saturated carbocycles. The van der Waals surface area contributed by atoms with Crippen molar-refractivity contribution in [1.29, 1.82) is 0 Å². The van der Waals surface area contributed by atoms with Gasteiger partial charge in [-0.2, -0.15) is 4.98 Å². The van der Waals surface area contributed by atoms with Gasteiger partial charge in [-0.3, -0.25) is 0 Å². The predicted octanol–water partition coefficient (Wildman–Crippen LogP) is 3.62. The summed E-state index contributed by atoms with van der Waals surface area (Å²) < 4.78 is 11.2. The van der Waals surface area contributed by atoms with E-state index in [9.17, 15) is 4.79 Å². The molecule has 0 saturated heterocycles. The van der Waals surface area contributed by atoms with Gasteiger partial charge in [-0.05, 0) is 19.1 Å². The number of esters is 1. The van der Waals surface area contributed by atoms with Crippen molar-refractivity contribution in [3.63, 3.8) is 0 Å². The van der Waals surface area contributed by atoms with Crippen molar-refractivity contribution in [2.24, 2.45) is 0 Å². The number of rotatable bonds is 4. The maximum atomic E-state index is 11.9. The van der Waals surface area contributed by atoms with Gasteiger partial charge in [0.05, 0.1) is 11.2 Å². The molecule has 0 aliphatic heterocycles. The van der Waals surface area contributed by atoms with Crippen LogP contribution in [0.4, 0.5) is 0 Å². The minimum absolute atomic E-state index is 0.0722. The van der Waals surface area contributed by atoms with Crippen LogP contribution in [-0.2, 0) is 11.3 Å². The third-order valence-corrected chi connectivity index (χ3v) is 4.21. The molecule has 0 N–H and O–H groups in total. The van der Waals surface area contributed by atoms with Crippen LogP contribution in [0.25, 0.3) is 11.4 Å². The van der Waals surface area contributed by atoms with E-state index in [0.29, 0.717) is 16.4 Å². The molecule has 22 heavy (non-hydrogen) atoms. The zero-order valence-corrected chi connectivity index (χ0v) is 13.8. The van der Waals surface area contributed by atoms with Crippen LogP contribution >= 0.6 is 27.3 Å². The lowest BCUT2D eigenvalue weighted by Crippen LogP contribution is -2.05. The molecule has 2 heterocycles. The molecular formula is C14H10BrN3O3S. The summed E-state index contributed by atoms with van der Waals surface area (Å²) in [5.74, 6) is 0.244. The zero-order valence-electron chi connectivity index (χ0n) is 11.4. The summed E-state index contributed by atoms with van der Waals surface area (Å²) in [5, 5.41) is 3.88. The van der Waals surface area contributed by atoms with Crippen LogP contribution in [0.5, 0.6) is 0 Å². The Morgan fingerprint density at radius 2 is 2.32 bits per heavy atom. The zero-order chi connectivity index (χ0) is 15.5. The van der Waals surface area contributed by atoms with Gasteiger partial charge in [0, 0.05) is 10.0 Å². The van der Waals surface area contributed by atoms with Crippen molar-refractivity contribution in [3.05, 3.63) is 50.7 Å². The number of carbonyl (C=O) groups excluding carboxylic acids is 1. The molecule has 0 aliphatic rings. The number of nitrogens with zero attached hydrogens (tertiary/aromatic N) is 3. The topological polar surface area (TPSA) is 78.1 Å². The molecule has 2 aromatic heterocycles. The Kier molecular flexibility index (Phi) is 4.30. The number of thiazole rings is 1. The largest absolute Gasteiger partial charge is 0.451 e. The van der Waals surface area contributed by atoms with Gasteiger partial charge in [-0.25, -0.2) is 9.78 Å². The first-order valence-corrected chi connectivity index (χ1v) is 7.96. The second-order valence-electron chi connectivity index (χ2n) is 4.37. The summed E-state index contributed by atoms with van der Waals surface area (Å²) in [7, 11) is 0. The van der Waals surface area contributed by atoms with E-state index in [4.69, 9.17) is 9.26 Å². The van der Waals surface area contributed by atoms with Gasteiger partial charge >= 0.3 is 5.97 Å². The Morgan fingerprint density at radius 1 is 1.45 bits per heavy atom. The Hall–Kier alpha value is -2.06. The summed E-state index contributed by atoms with van der Waals surface area (Å²) in [6, 6.07) is 7.53. The van der Waals surface area contributed by atoms with E-state index in [1.54, 1.807) is 12.4 Å². The molecule has 8 heteroatoms. The molecule has 0 aliphatic carbocycles. The molecule has 1 aromatic carbocycles. The van der Waals surface area contributed by atoms with E-state index in [0.717, 1.165) is 10.0 Å². The Labute approximate surface area is 138 Å². The molecule has 0 radical (unpaired) electrons. The Morgan fingerprint density at radius 3 is 3.05 bits per heavy atom. The van der Waals surface area contributed by atoms with Gasteiger partial charge in [0.2, 0.25) is 5.82 Å². The molecular weight excluding hydrogens is 370 g/mol. The van der Waals surface area contributed by atoms with Gasteiger partial charge in [0.15, 0.2) is 6.61 Å². The molecule has 0 bridgehead atoms. The quantitative estimate of drug-likeness (QED) is 0.644. The van der Waals surface area contributed by atoms with Crippen LogP contribution in [0.15, 0.2) is 38.8 Å². The molecule has 3 aromatic rings. The summed E-state index contributed by atoms with van der Waals surface area (Å²) in [4.78, 5) is 20.6. The SMILES string of the molecule is Cc1ncsc1C(=O)OCc1nc(-c2cccc(Br)c2)no1. The normalized spacial score (nSPS) is 10.6. The highest BCUT2D eigenvalue weighted by Crippen LogP contribution is 2.21. The molecule has 6 nitrogen and oxygen atoms in total. The van der Waals surface area contributed by atoms with E-state index < -0.39 is 5.97 Å². The van der Waals surface area contributed by atoms with Gasteiger partial charge in [-0.1, -0.05) is 33.2 Å². The first-order valence-electron chi connectivity index (χ1n) is 6.29. The molecule has 112 valence electrons. The molecule has 0 unspecified atom stereocenters. The lowest BCUT2D eigenvalue weighted by molar-refractivity contribution is 0.0434. The van der Waals surface area contributed by atoms with Gasteiger partial charge in [0.25, 0.3) is 5.89 Å². The fourth-order valence-corrected chi connectivity index (χ4v) is 2.84. The molecule has 3 rings (SSSR count). The Bertz CT molecular complexity index is 815. The van der Waals surface area contributed by atoms with Crippen molar-refractivity contribution in [3.8, 4) is 11.4 Å². The van der Waals surface area contributed by atoms with Gasteiger partial charge < -0.3 is 9.26 Å². The van der Waals surface area contributed by atoms with Crippen LogP contribution in [-0.4, -0.2) is 21.1 Å². The van der Waals surface area contributed by atoms with E-state index in [2.05, 4.69) is 31.1 Å². The lowest BCUT2D eigenvalue weighted by Gasteiger charge is -1.99. The number of hydrogen-bond acceptors (Lipinski definition) is 7. The van der Waals surface area contributed by atoms with Crippen LogP contribution < -0.4 is 0 Å². The second kappa shape index (κ2) is 6.37. The Balaban J connectivity index is 1.67. The van der Waals surface area contributed by atoms with Crippen molar-refractivity contribution in [2.75, 3.05) is 0 Å². The van der Waals surface area contributed by atoms with Crippen molar-refractivity contribution in [2.45, 2.75) is 13.5 Å². The van der Waals surface area contributed by atoms with Crippen molar-refractivity contribution in [1.82, 2.24) is 15.1 Å². The van der Waals surface area contributed by atoms with Crippen LogP contribution in [0.1, 0.15) is 21.3 Å². The monoisotopic (exact) mass is 379 g/mol. The molecule has 0 amide bonds. The van der Waals surface area contributed by atoms with Crippen LogP contribution in [0, 0.1) is 6.92 Å². The summed E-state index contributed by atoms with van der Waals surface area (Å²) in [6.45, 7) is 1.68. The fraction of sp³-hybridized carbons (Fsp3) is 0.143. The van der Waals surface area contributed by atoms with Crippen LogP contribution in [0.3, 0.4) is 0 Å². The minimum atomic E-state index is -0.442. The summed E-state index contributed by atoms with van der Waals surface area (Å²) in [5.41, 5.74) is 3.06. The van der Waals surface area contributed by atoms with Crippen molar-refractivity contribution < 1.29 is 14.1 Å². The van der Waals surface area contributed by atoms with Crippen LogP contribution in [0.2, 0.25) is 0 Å². The van der Waals surface area contributed by atoms with Gasteiger partial charge in [-0.15, -0.1) is 11.3 Å². The van der Waals surface area contributed by atoms with E-state index in [1.165, 1.54) is 11.3 Å². The molecule has 0 spiro atoms. The number of benzene rings is 1. The number of aromatic nitrogens is 3. The maximum absolute atomic E-state index is 11.9. The predicted molar refractivity (Wildman–Crippen MR) is 83.4 cm³/mol. The van der Waals surface area contributed by atoms with E-state index in [-0.39, 0.29) is 12.5 Å². The fourth-order valence-electron chi connectivity index (χ4n) is 1.75. The number of carbonyl (C=O) groups is 1. The average Bonchev–Trinajstić information content (AvgIpc) is 3.14. The lowest BCUT2D eigenvalue weighted by atomic mass is 10.2. The highest BCUT2D eigenvalue weighted by atomic mass is 79.9. The first kappa shape index (κ1) is 14.9. The molecule has 0 fully saturated rings. The number of aryl methyl sites for hydroxylation is 1. The smallest absolute Gasteiger partial charge is 0.350 e. The highest BCUT2D eigenvalue weighted by Gasteiger charge is 2.16. The number of ether oxygens (including phenoxy) is 1. The minimum Gasteiger partial charge on any atom is -0.451 e. The summed E-state index contributed by atoms with van der Waals surface area (Å²) in [6.07, 6.45) is 0.